The number of nitrogens with zero attached hydrogens (tertiary/aromatic N) is 2. The van der Waals surface area contributed by atoms with Gasteiger partial charge in [-0.05, 0) is 37.3 Å². The van der Waals surface area contributed by atoms with E-state index in [0.29, 0.717) is 22.2 Å². The lowest BCUT2D eigenvalue weighted by Crippen LogP contribution is -2.45. The number of hydrogen-bond donors (Lipinski definition) is 0. The van der Waals surface area contributed by atoms with E-state index < -0.39 is 35.3 Å². The molecule has 0 bridgehead atoms. The molecule has 1 aliphatic rings. The van der Waals surface area contributed by atoms with Gasteiger partial charge in [0.05, 0.1) is 11.6 Å². The number of aryl methyl sites for hydroxylation is 1. The highest BCUT2D eigenvalue weighted by Gasteiger charge is 2.27. The number of ether oxygens (including phenoxy) is 1. The number of allylic oxidation sites excluding steroid dienone is 1. The van der Waals surface area contributed by atoms with Gasteiger partial charge in [-0.15, -0.1) is 0 Å². The van der Waals surface area contributed by atoms with Crippen LogP contribution in [-0.4, -0.2) is 27.1 Å². The number of benzene rings is 2. The van der Waals surface area contributed by atoms with Crippen LogP contribution in [0.15, 0.2) is 88.5 Å². The van der Waals surface area contributed by atoms with Crippen LogP contribution < -0.4 is 11.2 Å². The van der Waals surface area contributed by atoms with Crippen molar-refractivity contribution in [1.29, 1.82) is 0 Å². The summed E-state index contributed by atoms with van der Waals surface area (Å²) in [5.41, 5.74) is -0.287. The van der Waals surface area contributed by atoms with Crippen molar-refractivity contribution in [3.8, 4) is 0 Å². The third-order valence-electron chi connectivity index (χ3n) is 5.18. The van der Waals surface area contributed by atoms with Crippen molar-refractivity contribution in [3.05, 3.63) is 117 Å². The van der Waals surface area contributed by atoms with E-state index >= 15 is 0 Å². The molecule has 1 aliphatic carbocycles. The highest BCUT2D eigenvalue weighted by atomic mass is 16.5. The Morgan fingerprint density at radius 1 is 0.903 bits per heavy atom. The van der Waals surface area contributed by atoms with Gasteiger partial charge in [-0.3, -0.25) is 14.2 Å². The molecule has 2 atom stereocenters. The Labute approximate surface area is 177 Å². The van der Waals surface area contributed by atoms with Crippen LogP contribution in [0.4, 0.5) is 0 Å². The van der Waals surface area contributed by atoms with Crippen molar-refractivity contribution in [2.45, 2.75) is 25.5 Å². The molecule has 1 aromatic heterocycles. The standard InChI is InChI=1S/C24H20N2O5/c1-16-14-21(27)26(22(28)17-8-4-2-5-9-17)24(30)25(16)19-12-13-20(15-19)31-23(29)18-10-6-3-7-11-18/h2-14,19-20H,15H2,1H3/t19-,20+/m0/s1. The summed E-state index contributed by atoms with van der Waals surface area (Å²) >= 11 is 0. The first kappa shape index (κ1) is 20.3. The maximum Gasteiger partial charge on any atom is 0.338 e. The SMILES string of the molecule is Cc1cc(=O)n(C(=O)c2ccccc2)c(=O)n1[C@H]1C=C[C@@H](OC(=O)c2ccccc2)C1. The lowest BCUT2D eigenvalue weighted by molar-refractivity contribution is 0.0382. The van der Waals surface area contributed by atoms with Crippen molar-refractivity contribution in [1.82, 2.24) is 9.13 Å². The Balaban J connectivity index is 1.60. The zero-order valence-electron chi connectivity index (χ0n) is 16.8. The molecular weight excluding hydrogens is 396 g/mol. The summed E-state index contributed by atoms with van der Waals surface area (Å²) in [4.78, 5) is 50.7. The Morgan fingerprint density at radius 2 is 1.52 bits per heavy atom. The summed E-state index contributed by atoms with van der Waals surface area (Å²) in [6, 6.07) is 17.6. The molecule has 0 saturated carbocycles. The van der Waals surface area contributed by atoms with Gasteiger partial charge in [0.25, 0.3) is 11.5 Å². The zero-order valence-corrected chi connectivity index (χ0v) is 16.8. The van der Waals surface area contributed by atoms with E-state index in [2.05, 4.69) is 0 Å². The number of esters is 1. The third-order valence-corrected chi connectivity index (χ3v) is 5.18. The van der Waals surface area contributed by atoms with Crippen LogP contribution in [0.5, 0.6) is 0 Å². The monoisotopic (exact) mass is 416 g/mol. The molecule has 31 heavy (non-hydrogen) atoms. The predicted molar refractivity (Wildman–Crippen MR) is 114 cm³/mol. The van der Waals surface area contributed by atoms with Crippen LogP contribution in [0.3, 0.4) is 0 Å². The van der Waals surface area contributed by atoms with Crippen LogP contribution in [0.2, 0.25) is 0 Å². The lowest BCUT2D eigenvalue weighted by atomic mass is 10.2. The second kappa shape index (κ2) is 8.39. The number of rotatable bonds is 4. The average molecular weight is 416 g/mol. The number of carbonyl (C=O) groups is 2. The summed E-state index contributed by atoms with van der Waals surface area (Å²) in [6.45, 7) is 1.64. The van der Waals surface area contributed by atoms with Crippen molar-refractivity contribution in [3.63, 3.8) is 0 Å². The average Bonchev–Trinajstić information content (AvgIpc) is 3.22. The maximum atomic E-state index is 13.1. The van der Waals surface area contributed by atoms with E-state index in [9.17, 15) is 19.2 Å². The summed E-state index contributed by atoms with van der Waals surface area (Å²) in [7, 11) is 0. The van der Waals surface area contributed by atoms with Gasteiger partial charge in [0, 0.05) is 23.7 Å². The molecule has 0 aliphatic heterocycles. The molecule has 0 N–H and O–H groups in total. The fourth-order valence-electron chi connectivity index (χ4n) is 3.67. The van der Waals surface area contributed by atoms with E-state index in [-0.39, 0.29) is 5.56 Å². The first-order valence-electron chi connectivity index (χ1n) is 9.85. The molecule has 0 amide bonds. The van der Waals surface area contributed by atoms with E-state index in [1.165, 1.54) is 10.6 Å². The molecule has 0 spiro atoms. The number of hydrogen-bond acceptors (Lipinski definition) is 5. The molecule has 0 saturated heterocycles. The summed E-state index contributed by atoms with van der Waals surface area (Å²) < 4.78 is 7.55. The normalized spacial score (nSPS) is 17.5. The van der Waals surface area contributed by atoms with Crippen molar-refractivity contribution in [2.24, 2.45) is 0 Å². The van der Waals surface area contributed by atoms with Gasteiger partial charge >= 0.3 is 11.7 Å². The maximum absolute atomic E-state index is 13.1. The zero-order chi connectivity index (χ0) is 22.0. The first-order chi connectivity index (χ1) is 15.0. The number of carbonyl (C=O) groups excluding carboxylic acids is 2. The third kappa shape index (κ3) is 4.02. The molecule has 1 heterocycles. The minimum absolute atomic E-state index is 0.244. The number of aromatic nitrogens is 2. The molecule has 7 nitrogen and oxygen atoms in total. The second-order valence-corrected chi connectivity index (χ2v) is 7.28. The van der Waals surface area contributed by atoms with Crippen LogP contribution in [0, 0.1) is 6.92 Å². The summed E-state index contributed by atoms with van der Waals surface area (Å²) in [5.74, 6) is -1.14. The van der Waals surface area contributed by atoms with Gasteiger partial charge in [0.2, 0.25) is 0 Å². The van der Waals surface area contributed by atoms with Gasteiger partial charge < -0.3 is 4.74 Å². The van der Waals surface area contributed by atoms with Crippen molar-refractivity contribution < 1.29 is 14.3 Å². The van der Waals surface area contributed by atoms with E-state index in [1.807, 2.05) is 6.07 Å². The lowest BCUT2D eigenvalue weighted by Gasteiger charge is -2.19. The molecule has 3 aromatic rings. The van der Waals surface area contributed by atoms with Gasteiger partial charge in [0.15, 0.2) is 0 Å². The minimum atomic E-state index is -0.719. The fourth-order valence-corrected chi connectivity index (χ4v) is 3.67. The van der Waals surface area contributed by atoms with Gasteiger partial charge in [0.1, 0.15) is 6.10 Å². The fraction of sp³-hybridized carbons (Fsp3) is 0.167. The van der Waals surface area contributed by atoms with Crippen molar-refractivity contribution in [2.75, 3.05) is 0 Å². The Kier molecular flexibility index (Phi) is 5.49. The summed E-state index contributed by atoms with van der Waals surface area (Å²) in [6.07, 6.45) is 3.27. The summed E-state index contributed by atoms with van der Waals surface area (Å²) in [5, 5.41) is 0. The van der Waals surface area contributed by atoms with Gasteiger partial charge in [-0.25, -0.2) is 9.59 Å². The highest BCUT2D eigenvalue weighted by Crippen LogP contribution is 2.25. The van der Waals surface area contributed by atoms with Gasteiger partial charge in [-0.2, -0.15) is 4.57 Å². The van der Waals surface area contributed by atoms with E-state index in [4.69, 9.17) is 4.74 Å². The van der Waals surface area contributed by atoms with Crippen LogP contribution >= 0.6 is 0 Å². The van der Waals surface area contributed by atoms with Crippen LogP contribution in [0.25, 0.3) is 0 Å². The first-order valence-corrected chi connectivity index (χ1v) is 9.85. The van der Waals surface area contributed by atoms with Crippen molar-refractivity contribution >= 4 is 11.9 Å². The van der Waals surface area contributed by atoms with E-state index in [1.54, 1.807) is 73.7 Å². The van der Waals surface area contributed by atoms with Crippen LogP contribution in [-0.2, 0) is 4.74 Å². The highest BCUT2D eigenvalue weighted by molar-refractivity contribution is 5.95. The second-order valence-electron chi connectivity index (χ2n) is 7.28. The van der Waals surface area contributed by atoms with E-state index in [0.717, 1.165) is 0 Å². The molecule has 0 unspecified atom stereocenters. The largest absolute Gasteiger partial charge is 0.454 e. The molecular formula is C24H20N2O5. The smallest absolute Gasteiger partial charge is 0.338 e. The Bertz CT molecular complexity index is 1270. The molecule has 0 radical (unpaired) electrons. The minimum Gasteiger partial charge on any atom is -0.454 e. The molecule has 156 valence electrons. The molecule has 2 aromatic carbocycles. The molecule has 0 fully saturated rings. The molecule has 7 heteroatoms. The predicted octanol–water partition coefficient (Wildman–Crippen LogP) is 2.73. The van der Waals surface area contributed by atoms with Crippen LogP contribution in [0.1, 0.15) is 38.9 Å². The Morgan fingerprint density at radius 3 is 2.16 bits per heavy atom. The molecule has 4 rings (SSSR count). The van der Waals surface area contributed by atoms with Gasteiger partial charge in [-0.1, -0.05) is 42.5 Å². The topological polar surface area (TPSA) is 87.4 Å². The quantitative estimate of drug-likeness (QED) is 0.482. The Hall–Kier alpha value is -4.00.